The summed E-state index contributed by atoms with van der Waals surface area (Å²) in [5, 5.41) is 10.4. The molecule has 0 aromatic heterocycles. The van der Waals surface area contributed by atoms with E-state index in [1.807, 2.05) is 18.2 Å². The Hall–Kier alpha value is -0.570. The van der Waals surface area contributed by atoms with Crippen molar-refractivity contribution in [3.8, 4) is 0 Å². The number of nitrogens with zero attached hydrogens (tertiary/aromatic N) is 1. The maximum atomic E-state index is 9.61. The number of halogens is 1. The average molecular weight is 284 g/mol. The third-order valence-electron chi connectivity index (χ3n) is 3.86. The summed E-state index contributed by atoms with van der Waals surface area (Å²) in [6, 6.07) is 8.29. The molecule has 0 heterocycles. The summed E-state index contributed by atoms with van der Waals surface area (Å²) in [6.07, 6.45) is 2.13. The second-order valence-corrected chi connectivity index (χ2v) is 6.30. The Morgan fingerprint density at radius 2 is 2.11 bits per heavy atom. The SMILES string of the molecule is CCCC(C)(CO)CN(C)C(C)c1cccc(Cl)c1. The minimum Gasteiger partial charge on any atom is -0.396 e. The first-order valence-electron chi connectivity index (χ1n) is 6.98. The molecule has 0 saturated heterocycles. The fourth-order valence-corrected chi connectivity index (χ4v) is 2.77. The van der Waals surface area contributed by atoms with Gasteiger partial charge < -0.3 is 5.11 Å². The molecule has 0 fully saturated rings. The van der Waals surface area contributed by atoms with E-state index in [1.165, 1.54) is 5.56 Å². The van der Waals surface area contributed by atoms with Crippen LogP contribution in [0, 0.1) is 5.41 Å². The molecule has 0 bridgehead atoms. The van der Waals surface area contributed by atoms with E-state index in [-0.39, 0.29) is 12.0 Å². The molecule has 108 valence electrons. The fourth-order valence-electron chi connectivity index (χ4n) is 2.57. The van der Waals surface area contributed by atoms with Gasteiger partial charge in [-0.3, -0.25) is 4.90 Å². The van der Waals surface area contributed by atoms with E-state index in [9.17, 15) is 5.11 Å². The topological polar surface area (TPSA) is 23.5 Å². The largest absolute Gasteiger partial charge is 0.396 e. The lowest BCUT2D eigenvalue weighted by Gasteiger charge is -2.35. The van der Waals surface area contributed by atoms with Crippen LogP contribution < -0.4 is 0 Å². The summed E-state index contributed by atoms with van der Waals surface area (Å²) in [4.78, 5) is 2.29. The molecule has 0 amide bonds. The van der Waals surface area contributed by atoms with Crippen molar-refractivity contribution in [3.05, 3.63) is 34.9 Å². The van der Waals surface area contributed by atoms with Crippen LogP contribution in [0.5, 0.6) is 0 Å². The predicted molar refractivity (Wildman–Crippen MR) is 82.6 cm³/mol. The molecule has 0 aliphatic heterocycles. The van der Waals surface area contributed by atoms with Gasteiger partial charge in [0.05, 0.1) is 0 Å². The summed E-state index contributed by atoms with van der Waals surface area (Å²) in [7, 11) is 2.11. The van der Waals surface area contributed by atoms with Crippen LogP contribution in [0.25, 0.3) is 0 Å². The molecule has 2 nitrogen and oxygen atoms in total. The van der Waals surface area contributed by atoms with Gasteiger partial charge in [-0.15, -0.1) is 0 Å². The average Bonchev–Trinajstić information content (AvgIpc) is 2.38. The molecule has 1 aromatic carbocycles. The second-order valence-electron chi connectivity index (χ2n) is 5.86. The normalized spacial score (nSPS) is 16.4. The summed E-state index contributed by atoms with van der Waals surface area (Å²) >= 11 is 6.05. The molecule has 0 aliphatic carbocycles. The van der Waals surface area contributed by atoms with Crippen LogP contribution >= 0.6 is 11.6 Å². The van der Waals surface area contributed by atoms with Crippen LogP contribution in [0.2, 0.25) is 5.02 Å². The van der Waals surface area contributed by atoms with Gasteiger partial charge in [-0.2, -0.15) is 0 Å². The smallest absolute Gasteiger partial charge is 0.0497 e. The lowest BCUT2D eigenvalue weighted by Crippen LogP contribution is -2.37. The van der Waals surface area contributed by atoms with Crippen LogP contribution in [-0.2, 0) is 0 Å². The van der Waals surface area contributed by atoms with E-state index < -0.39 is 0 Å². The van der Waals surface area contributed by atoms with Crippen LogP contribution in [0.1, 0.15) is 45.2 Å². The van der Waals surface area contributed by atoms with Crippen LogP contribution in [0.15, 0.2) is 24.3 Å². The summed E-state index contributed by atoms with van der Waals surface area (Å²) in [5.41, 5.74) is 1.18. The molecule has 0 radical (unpaired) electrons. The highest BCUT2D eigenvalue weighted by Gasteiger charge is 2.26. The van der Waals surface area contributed by atoms with Gasteiger partial charge in [-0.1, -0.05) is 44.0 Å². The summed E-state index contributed by atoms with van der Waals surface area (Å²) < 4.78 is 0. The highest BCUT2D eigenvalue weighted by atomic mass is 35.5. The fraction of sp³-hybridized carbons (Fsp3) is 0.625. The van der Waals surface area contributed by atoms with Gasteiger partial charge in [0, 0.05) is 29.6 Å². The first kappa shape index (κ1) is 16.5. The van der Waals surface area contributed by atoms with Gasteiger partial charge in [0.1, 0.15) is 0 Å². The Bertz CT molecular complexity index is 396. The Labute approximate surface area is 122 Å². The van der Waals surface area contributed by atoms with Crippen molar-refractivity contribution >= 4 is 11.6 Å². The zero-order chi connectivity index (χ0) is 14.5. The van der Waals surface area contributed by atoms with E-state index in [4.69, 9.17) is 11.6 Å². The zero-order valence-corrected chi connectivity index (χ0v) is 13.2. The summed E-state index contributed by atoms with van der Waals surface area (Å²) in [6.45, 7) is 7.60. The molecule has 19 heavy (non-hydrogen) atoms. The quantitative estimate of drug-likeness (QED) is 0.813. The third kappa shape index (κ3) is 4.79. The minimum absolute atomic E-state index is 0.0314. The maximum absolute atomic E-state index is 9.61. The molecule has 2 atom stereocenters. The molecule has 1 aromatic rings. The Balaban J connectivity index is 2.74. The molecule has 1 N–H and O–H groups in total. The molecule has 0 spiro atoms. The van der Waals surface area contributed by atoms with E-state index in [0.717, 1.165) is 24.4 Å². The highest BCUT2D eigenvalue weighted by Crippen LogP contribution is 2.28. The summed E-state index contributed by atoms with van der Waals surface area (Å²) in [5.74, 6) is 0. The van der Waals surface area contributed by atoms with Crippen LogP contribution in [-0.4, -0.2) is 30.2 Å². The lowest BCUT2D eigenvalue weighted by molar-refractivity contribution is 0.0760. The van der Waals surface area contributed by atoms with Crippen molar-refractivity contribution in [1.29, 1.82) is 0 Å². The monoisotopic (exact) mass is 283 g/mol. The number of benzene rings is 1. The Morgan fingerprint density at radius 1 is 1.42 bits per heavy atom. The van der Waals surface area contributed by atoms with Crippen molar-refractivity contribution in [2.75, 3.05) is 20.2 Å². The van der Waals surface area contributed by atoms with E-state index in [2.05, 4.69) is 38.8 Å². The number of aliphatic hydroxyl groups is 1. The lowest BCUT2D eigenvalue weighted by atomic mass is 9.85. The zero-order valence-electron chi connectivity index (χ0n) is 12.5. The maximum Gasteiger partial charge on any atom is 0.0497 e. The first-order valence-corrected chi connectivity index (χ1v) is 7.36. The number of rotatable bonds is 7. The van der Waals surface area contributed by atoms with E-state index >= 15 is 0 Å². The Morgan fingerprint density at radius 3 is 2.63 bits per heavy atom. The number of aliphatic hydroxyl groups excluding tert-OH is 1. The van der Waals surface area contributed by atoms with Crippen molar-refractivity contribution in [2.24, 2.45) is 5.41 Å². The van der Waals surface area contributed by atoms with Gasteiger partial charge in [0.2, 0.25) is 0 Å². The molecule has 0 aliphatic rings. The molecule has 0 saturated carbocycles. The van der Waals surface area contributed by atoms with Crippen molar-refractivity contribution in [2.45, 2.75) is 39.7 Å². The Kier molecular flexibility index (Phi) is 6.31. The van der Waals surface area contributed by atoms with Gasteiger partial charge in [-0.25, -0.2) is 0 Å². The van der Waals surface area contributed by atoms with Crippen molar-refractivity contribution in [3.63, 3.8) is 0 Å². The van der Waals surface area contributed by atoms with Crippen LogP contribution in [0.4, 0.5) is 0 Å². The first-order chi connectivity index (χ1) is 8.91. The van der Waals surface area contributed by atoms with Crippen LogP contribution in [0.3, 0.4) is 0 Å². The minimum atomic E-state index is -0.0314. The number of hydrogen-bond acceptors (Lipinski definition) is 2. The third-order valence-corrected chi connectivity index (χ3v) is 4.09. The second kappa shape index (κ2) is 7.28. The molecule has 2 unspecified atom stereocenters. The van der Waals surface area contributed by atoms with E-state index in [0.29, 0.717) is 6.04 Å². The molecular weight excluding hydrogens is 258 g/mol. The van der Waals surface area contributed by atoms with Gasteiger partial charge in [-0.05, 0) is 38.1 Å². The van der Waals surface area contributed by atoms with Gasteiger partial charge in [0.15, 0.2) is 0 Å². The highest BCUT2D eigenvalue weighted by molar-refractivity contribution is 6.30. The van der Waals surface area contributed by atoms with Crippen molar-refractivity contribution in [1.82, 2.24) is 4.90 Å². The van der Waals surface area contributed by atoms with E-state index in [1.54, 1.807) is 0 Å². The van der Waals surface area contributed by atoms with Crippen molar-refractivity contribution < 1.29 is 5.11 Å². The number of hydrogen-bond donors (Lipinski definition) is 1. The molecular formula is C16H26ClNO. The predicted octanol–water partition coefficient (Wildman–Crippen LogP) is 4.13. The molecule has 1 rings (SSSR count). The standard InChI is InChI=1S/C16H26ClNO/c1-5-9-16(3,12-19)11-18(4)13(2)14-7-6-8-15(17)10-14/h6-8,10,13,19H,5,9,11-12H2,1-4H3. The van der Waals surface area contributed by atoms with Gasteiger partial charge in [0.25, 0.3) is 0 Å². The molecule has 3 heteroatoms. The van der Waals surface area contributed by atoms with Gasteiger partial charge >= 0.3 is 0 Å².